The van der Waals surface area contributed by atoms with Crippen molar-refractivity contribution < 1.29 is 13.2 Å². The average Bonchev–Trinajstić information content (AvgIpc) is 2.14. The molecule has 0 aromatic rings. The van der Waals surface area contributed by atoms with Gasteiger partial charge in [-0.1, -0.05) is 6.92 Å². The van der Waals surface area contributed by atoms with Gasteiger partial charge in [0.2, 0.25) is 5.91 Å². The molecular formula is C10H20N2O3S. The van der Waals surface area contributed by atoms with Gasteiger partial charge in [-0.15, -0.1) is 0 Å². The van der Waals surface area contributed by atoms with Gasteiger partial charge in [0.05, 0.1) is 0 Å². The van der Waals surface area contributed by atoms with Crippen molar-refractivity contribution in [3.8, 4) is 0 Å². The first kappa shape index (κ1) is 13.4. The van der Waals surface area contributed by atoms with E-state index in [1.807, 2.05) is 0 Å². The summed E-state index contributed by atoms with van der Waals surface area (Å²) >= 11 is 0. The second kappa shape index (κ2) is 5.63. The maximum atomic E-state index is 11.3. The number of carbonyl (C=O) groups is 1. The monoisotopic (exact) mass is 248 g/mol. The van der Waals surface area contributed by atoms with Gasteiger partial charge in [0.15, 0.2) is 9.84 Å². The molecule has 1 saturated heterocycles. The van der Waals surface area contributed by atoms with Crippen molar-refractivity contribution in [1.29, 1.82) is 0 Å². The molecule has 1 heterocycles. The van der Waals surface area contributed by atoms with E-state index in [1.54, 1.807) is 0 Å². The third kappa shape index (κ3) is 4.94. The van der Waals surface area contributed by atoms with E-state index in [2.05, 4.69) is 17.6 Å². The molecule has 1 amide bonds. The molecule has 1 fully saturated rings. The average molecular weight is 248 g/mol. The number of carbonyl (C=O) groups excluding carboxylic acids is 1. The Balaban J connectivity index is 2.31. The van der Waals surface area contributed by atoms with E-state index < -0.39 is 21.5 Å². The second-order valence-corrected chi connectivity index (χ2v) is 6.74. The summed E-state index contributed by atoms with van der Waals surface area (Å²) in [6.07, 6.45) is 2.17. The number of sulfone groups is 1. The normalized spacial score (nSPS) is 26.4. The zero-order chi connectivity index (χ0) is 12.2. The summed E-state index contributed by atoms with van der Waals surface area (Å²) in [6, 6.07) is 0. The maximum Gasteiger partial charge on any atom is 0.235 e. The first-order chi connectivity index (χ1) is 7.38. The van der Waals surface area contributed by atoms with Crippen LogP contribution >= 0.6 is 0 Å². The molecule has 0 aliphatic carbocycles. The molecule has 0 bridgehead atoms. The van der Waals surface area contributed by atoms with Gasteiger partial charge in [0.25, 0.3) is 0 Å². The zero-order valence-corrected chi connectivity index (χ0v) is 10.6. The van der Waals surface area contributed by atoms with Crippen molar-refractivity contribution in [3.05, 3.63) is 0 Å². The van der Waals surface area contributed by atoms with Crippen LogP contribution in [-0.4, -0.2) is 46.0 Å². The second-order valence-electron chi connectivity index (χ2n) is 4.60. The van der Waals surface area contributed by atoms with E-state index in [9.17, 15) is 13.2 Å². The first-order valence-corrected chi connectivity index (χ1v) is 7.59. The van der Waals surface area contributed by atoms with Crippen LogP contribution in [0.3, 0.4) is 0 Å². The number of amides is 1. The van der Waals surface area contributed by atoms with Crippen molar-refractivity contribution in [3.63, 3.8) is 0 Å². The summed E-state index contributed by atoms with van der Waals surface area (Å²) in [5, 5.41) is 5.95. The summed E-state index contributed by atoms with van der Waals surface area (Å²) in [4.78, 5) is 11.3. The fraction of sp³-hybridized carbons (Fsp3) is 0.900. The van der Waals surface area contributed by atoms with E-state index in [4.69, 9.17) is 0 Å². The highest BCUT2D eigenvalue weighted by Crippen LogP contribution is 2.17. The van der Waals surface area contributed by atoms with Crippen molar-refractivity contribution in [2.45, 2.75) is 13.3 Å². The number of rotatable bonds is 4. The SMILES string of the molecule is CC1CCNCC1CNC(=O)CS(C)(=O)=O. The van der Waals surface area contributed by atoms with Gasteiger partial charge in [0.1, 0.15) is 5.75 Å². The van der Waals surface area contributed by atoms with Gasteiger partial charge in [-0.3, -0.25) is 4.79 Å². The van der Waals surface area contributed by atoms with Crippen LogP contribution < -0.4 is 10.6 Å². The number of piperidine rings is 1. The molecule has 94 valence electrons. The predicted octanol–water partition coefficient (Wildman–Crippen LogP) is -0.607. The highest BCUT2D eigenvalue weighted by atomic mass is 32.2. The Bertz CT molecular complexity index is 340. The van der Waals surface area contributed by atoms with Crippen LogP contribution in [-0.2, 0) is 14.6 Å². The Morgan fingerprint density at radius 3 is 2.75 bits per heavy atom. The minimum atomic E-state index is -3.22. The zero-order valence-electron chi connectivity index (χ0n) is 9.82. The van der Waals surface area contributed by atoms with E-state index in [-0.39, 0.29) is 0 Å². The van der Waals surface area contributed by atoms with Gasteiger partial charge < -0.3 is 10.6 Å². The molecule has 2 unspecified atom stereocenters. The summed E-state index contributed by atoms with van der Waals surface area (Å²) in [7, 11) is -3.22. The predicted molar refractivity (Wildman–Crippen MR) is 62.9 cm³/mol. The van der Waals surface area contributed by atoms with Crippen molar-refractivity contribution in [2.24, 2.45) is 11.8 Å². The van der Waals surface area contributed by atoms with Crippen LogP contribution in [0.15, 0.2) is 0 Å². The van der Waals surface area contributed by atoms with Gasteiger partial charge in [0, 0.05) is 12.8 Å². The summed E-state index contributed by atoms with van der Waals surface area (Å²) in [5.41, 5.74) is 0. The van der Waals surface area contributed by atoms with E-state index in [0.717, 1.165) is 25.8 Å². The van der Waals surface area contributed by atoms with Crippen LogP contribution in [0.25, 0.3) is 0 Å². The molecule has 0 saturated carbocycles. The topological polar surface area (TPSA) is 75.3 Å². The molecule has 0 spiro atoms. The van der Waals surface area contributed by atoms with Crippen LogP contribution in [0.2, 0.25) is 0 Å². The molecule has 0 aromatic carbocycles. The fourth-order valence-corrected chi connectivity index (χ4v) is 2.44. The Morgan fingerprint density at radius 1 is 1.50 bits per heavy atom. The summed E-state index contributed by atoms with van der Waals surface area (Å²) in [5.74, 6) is 0.152. The lowest BCUT2D eigenvalue weighted by Crippen LogP contribution is -2.43. The van der Waals surface area contributed by atoms with Gasteiger partial charge in [-0.25, -0.2) is 8.42 Å². The Morgan fingerprint density at radius 2 is 2.19 bits per heavy atom. The molecule has 2 N–H and O–H groups in total. The van der Waals surface area contributed by atoms with Crippen LogP contribution in [0.5, 0.6) is 0 Å². The molecule has 16 heavy (non-hydrogen) atoms. The molecule has 6 heteroatoms. The third-order valence-corrected chi connectivity index (χ3v) is 3.73. The molecule has 1 rings (SSSR count). The smallest absolute Gasteiger partial charge is 0.235 e. The Labute approximate surface area is 96.9 Å². The largest absolute Gasteiger partial charge is 0.355 e. The van der Waals surface area contributed by atoms with Crippen LogP contribution in [0.1, 0.15) is 13.3 Å². The minimum Gasteiger partial charge on any atom is -0.355 e. The van der Waals surface area contributed by atoms with Crippen LogP contribution in [0.4, 0.5) is 0 Å². The first-order valence-electron chi connectivity index (χ1n) is 5.53. The lowest BCUT2D eigenvalue weighted by molar-refractivity contribution is -0.118. The highest BCUT2D eigenvalue weighted by molar-refractivity contribution is 7.91. The van der Waals surface area contributed by atoms with E-state index in [0.29, 0.717) is 18.4 Å². The van der Waals surface area contributed by atoms with Crippen molar-refractivity contribution >= 4 is 15.7 Å². The Kier molecular flexibility index (Phi) is 4.73. The number of hydrogen-bond acceptors (Lipinski definition) is 4. The fourth-order valence-electron chi connectivity index (χ4n) is 1.86. The quantitative estimate of drug-likeness (QED) is 0.696. The van der Waals surface area contributed by atoms with Crippen LogP contribution in [0, 0.1) is 11.8 Å². The van der Waals surface area contributed by atoms with Crippen molar-refractivity contribution in [1.82, 2.24) is 10.6 Å². The molecular weight excluding hydrogens is 228 g/mol. The third-order valence-electron chi connectivity index (χ3n) is 2.94. The summed E-state index contributed by atoms with van der Waals surface area (Å²) < 4.78 is 21.8. The van der Waals surface area contributed by atoms with E-state index in [1.165, 1.54) is 0 Å². The number of hydrogen-bond donors (Lipinski definition) is 2. The van der Waals surface area contributed by atoms with Gasteiger partial charge >= 0.3 is 0 Å². The minimum absolute atomic E-state index is 0.400. The summed E-state index contributed by atoms with van der Waals surface area (Å²) in [6.45, 7) is 4.63. The van der Waals surface area contributed by atoms with Crippen molar-refractivity contribution in [2.75, 3.05) is 31.6 Å². The van der Waals surface area contributed by atoms with E-state index >= 15 is 0 Å². The van der Waals surface area contributed by atoms with Gasteiger partial charge in [-0.05, 0) is 31.3 Å². The lowest BCUT2D eigenvalue weighted by Gasteiger charge is -2.29. The molecule has 0 radical (unpaired) electrons. The maximum absolute atomic E-state index is 11.3. The molecule has 0 aromatic heterocycles. The Hall–Kier alpha value is -0.620. The lowest BCUT2D eigenvalue weighted by atomic mass is 9.88. The molecule has 2 atom stereocenters. The standard InChI is InChI=1S/C10H20N2O3S/c1-8-3-4-11-5-9(8)6-12-10(13)7-16(2,14)15/h8-9,11H,3-7H2,1-2H3,(H,12,13). The molecule has 1 aliphatic heterocycles. The molecule has 5 nitrogen and oxygen atoms in total. The van der Waals surface area contributed by atoms with Gasteiger partial charge in [-0.2, -0.15) is 0 Å². The molecule has 1 aliphatic rings. The number of nitrogens with one attached hydrogen (secondary N) is 2. The highest BCUT2D eigenvalue weighted by Gasteiger charge is 2.21.